The number of ether oxygens (including phenoxy) is 1. The van der Waals surface area contributed by atoms with Crippen molar-refractivity contribution in [2.45, 2.75) is 26.3 Å². The number of carboxylic acid groups (broad SMARTS) is 1. The van der Waals surface area contributed by atoms with Crippen molar-refractivity contribution in [3.63, 3.8) is 0 Å². The van der Waals surface area contributed by atoms with Crippen molar-refractivity contribution in [1.82, 2.24) is 9.55 Å². The number of rotatable bonds is 3. The van der Waals surface area contributed by atoms with Crippen LogP contribution in [0.5, 0.6) is 0 Å². The first-order valence-corrected chi connectivity index (χ1v) is 5.57. The van der Waals surface area contributed by atoms with Gasteiger partial charge in [-0.2, -0.15) is 0 Å². The van der Waals surface area contributed by atoms with Crippen LogP contribution < -0.4 is 0 Å². The third-order valence-corrected chi connectivity index (χ3v) is 2.83. The Bertz CT molecular complexity index is 452. The Hall–Kier alpha value is -1.85. The van der Waals surface area contributed by atoms with E-state index in [0.717, 1.165) is 5.82 Å². The van der Waals surface area contributed by atoms with Crippen molar-refractivity contribution < 1.29 is 19.4 Å². The Kier molecular flexibility index (Phi) is 3.12. The predicted octanol–water partition coefficient (Wildman–Crippen LogP) is 0.707. The second-order valence-corrected chi connectivity index (χ2v) is 3.99. The molecule has 1 aromatic rings. The lowest BCUT2D eigenvalue weighted by molar-refractivity contribution is -0.142. The molecule has 0 amide bonds. The number of carbonyl (C=O) groups excluding carboxylic acids is 1. The first-order chi connectivity index (χ1) is 8.11. The summed E-state index contributed by atoms with van der Waals surface area (Å²) in [6.45, 7) is 2.41. The maximum absolute atomic E-state index is 11.5. The van der Waals surface area contributed by atoms with Gasteiger partial charge >= 0.3 is 11.9 Å². The summed E-state index contributed by atoms with van der Waals surface area (Å²) in [5.74, 6) is -0.902. The molecular formula is C11H14N2O4. The van der Waals surface area contributed by atoms with E-state index >= 15 is 0 Å². The Labute approximate surface area is 98.2 Å². The lowest BCUT2D eigenvalue weighted by Gasteiger charge is -2.19. The van der Waals surface area contributed by atoms with E-state index in [9.17, 15) is 9.59 Å². The summed E-state index contributed by atoms with van der Waals surface area (Å²) in [6, 6.07) is 0. The molecule has 0 spiro atoms. The zero-order valence-corrected chi connectivity index (χ0v) is 9.55. The summed E-state index contributed by atoms with van der Waals surface area (Å²) < 4.78 is 6.58. The van der Waals surface area contributed by atoms with Gasteiger partial charge in [0.15, 0.2) is 5.69 Å². The SMILES string of the molecule is CCOC(=O)c1cn2c(n1)CCC(C(=O)O)C2. The van der Waals surface area contributed by atoms with Crippen molar-refractivity contribution in [1.29, 1.82) is 0 Å². The van der Waals surface area contributed by atoms with E-state index < -0.39 is 17.9 Å². The topological polar surface area (TPSA) is 81.4 Å². The molecule has 0 saturated carbocycles. The van der Waals surface area contributed by atoms with Gasteiger partial charge < -0.3 is 14.4 Å². The number of aryl methyl sites for hydroxylation is 1. The van der Waals surface area contributed by atoms with E-state index in [2.05, 4.69) is 4.98 Å². The van der Waals surface area contributed by atoms with Crippen LogP contribution >= 0.6 is 0 Å². The molecule has 1 atom stereocenters. The maximum atomic E-state index is 11.5. The van der Waals surface area contributed by atoms with Crippen LogP contribution in [-0.2, 0) is 22.5 Å². The fourth-order valence-electron chi connectivity index (χ4n) is 1.95. The second-order valence-electron chi connectivity index (χ2n) is 3.99. The molecule has 1 aliphatic heterocycles. The molecule has 1 N–H and O–H groups in total. The zero-order valence-electron chi connectivity index (χ0n) is 9.55. The minimum atomic E-state index is -0.804. The van der Waals surface area contributed by atoms with Gasteiger partial charge in [-0.05, 0) is 13.3 Å². The third-order valence-electron chi connectivity index (χ3n) is 2.83. The second kappa shape index (κ2) is 4.57. The van der Waals surface area contributed by atoms with E-state index in [1.807, 2.05) is 0 Å². The van der Waals surface area contributed by atoms with Crippen molar-refractivity contribution in [3.05, 3.63) is 17.7 Å². The van der Waals surface area contributed by atoms with Gasteiger partial charge in [0.05, 0.1) is 12.5 Å². The monoisotopic (exact) mass is 238 g/mol. The van der Waals surface area contributed by atoms with Gasteiger partial charge in [0.25, 0.3) is 0 Å². The fraction of sp³-hybridized carbons (Fsp3) is 0.545. The molecule has 17 heavy (non-hydrogen) atoms. The molecule has 1 aliphatic rings. The molecule has 2 heterocycles. The summed E-state index contributed by atoms with van der Waals surface area (Å²) in [5.41, 5.74) is 0.257. The summed E-state index contributed by atoms with van der Waals surface area (Å²) in [4.78, 5) is 26.5. The number of carboxylic acids is 1. The van der Waals surface area contributed by atoms with Gasteiger partial charge in [-0.25, -0.2) is 9.78 Å². The predicted molar refractivity (Wildman–Crippen MR) is 57.6 cm³/mol. The van der Waals surface area contributed by atoms with Gasteiger partial charge in [0, 0.05) is 19.2 Å². The molecule has 0 saturated heterocycles. The minimum absolute atomic E-state index is 0.257. The number of hydrogen-bond donors (Lipinski definition) is 1. The Morgan fingerprint density at radius 3 is 3.06 bits per heavy atom. The van der Waals surface area contributed by atoms with Crippen molar-refractivity contribution in [2.75, 3.05) is 6.61 Å². The van der Waals surface area contributed by atoms with E-state index in [-0.39, 0.29) is 5.69 Å². The highest BCUT2D eigenvalue weighted by atomic mass is 16.5. The van der Waals surface area contributed by atoms with Gasteiger partial charge in [-0.3, -0.25) is 4.79 Å². The maximum Gasteiger partial charge on any atom is 0.358 e. The van der Waals surface area contributed by atoms with Crippen LogP contribution in [0.3, 0.4) is 0 Å². The molecule has 0 aliphatic carbocycles. The summed E-state index contributed by atoms with van der Waals surface area (Å²) in [5, 5.41) is 8.94. The Balaban J connectivity index is 2.17. The van der Waals surface area contributed by atoms with Crippen LogP contribution in [-0.4, -0.2) is 33.2 Å². The quantitative estimate of drug-likeness (QED) is 0.784. The van der Waals surface area contributed by atoms with Gasteiger partial charge in [0.1, 0.15) is 5.82 Å². The molecule has 0 radical (unpaired) electrons. The van der Waals surface area contributed by atoms with E-state index in [1.54, 1.807) is 17.7 Å². The number of imidazole rings is 1. The molecule has 6 nitrogen and oxygen atoms in total. The summed E-state index contributed by atoms with van der Waals surface area (Å²) in [6.07, 6.45) is 2.72. The highest BCUT2D eigenvalue weighted by Gasteiger charge is 2.26. The molecule has 92 valence electrons. The van der Waals surface area contributed by atoms with Crippen LogP contribution in [0.15, 0.2) is 6.20 Å². The summed E-state index contributed by atoms with van der Waals surface area (Å²) in [7, 11) is 0. The van der Waals surface area contributed by atoms with Crippen molar-refractivity contribution >= 4 is 11.9 Å². The van der Waals surface area contributed by atoms with Crippen LogP contribution in [0.4, 0.5) is 0 Å². The number of aliphatic carboxylic acids is 1. The van der Waals surface area contributed by atoms with E-state index in [1.165, 1.54) is 0 Å². The Morgan fingerprint density at radius 2 is 2.41 bits per heavy atom. The standard InChI is InChI=1S/C11H14N2O4/c1-2-17-11(16)8-6-13-5-7(10(14)15)3-4-9(13)12-8/h6-7H,2-5H2,1H3,(H,14,15). The first-order valence-electron chi connectivity index (χ1n) is 5.57. The average Bonchev–Trinajstić information content (AvgIpc) is 2.71. The lowest BCUT2D eigenvalue weighted by atomic mass is 10.00. The molecule has 1 aromatic heterocycles. The first kappa shape index (κ1) is 11.6. The molecule has 0 bridgehead atoms. The number of nitrogens with zero attached hydrogens (tertiary/aromatic N) is 2. The van der Waals surface area contributed by atoms with Crippen LogP contribution in [0.25, 0.3) is 0 Å². The molecule has 2 rings (SSSR count). The molecule has 0 fully saturated rings. The number of carbonyl (C=O) groups is 2. The van der Waals surface area contributed by atoms with Crippen LogP contribution in [0, 0.1) is 5.92 Å². The highest BCUT2D eigenvalue weighted by molar-refractivity contribution is 5.87. The molecular weight excluding hydrogens is 224 g/mol. The number of esters is 1. The fourth-order valence-corrected chi connectivity index (χ4v) is 1.95. The van der Waals surface area contributed by atoms with Gasteiger partial charge in [-0.1, -0.05) is 0 Å². The summed E-state index contributed by atoms with van der Waals surface area (Å²) >= 11 is 0. The van der Waals surface area contributed by atoms with E-state index in [4.69, 9.17) is 9.84 Å². The van der Waals surface area contributed by atoms with Crippen LogP contribution in [0.2, 0.25) is 0 Å². The van der Waals surface area contributed by atoms with Gasteiger partial charge in [0.2, 0.25) is 0 Å². The van der Waals surface area contributed by atoms with Gasteiger partial charge in [-0.15, -0.1) is 0 Å². The molecule has 6 heteroatoms. The van der Waals surface area contributed by atoms with E-state index in [0.29, 0.717) is 26.0 Å². The Morgan fingerprint density at radius 1 is 1.65 bits per heavy atom. The normalized spacial score (nSPS) is 18.5. The number of fused-ring (bicyclic) bond motifs is 1. The van der Waals surface area contributed by atoms with Crippen molar-refractivity contribution in [2.24, 2.45) is 5.92 Å². The zero-order chi connectivity index (χ0) is 12.4. The van der Waals surface area contributed by atoms with Crippen LogP contribution in [0.1, 0.15) is 29.7 Å². The third kappa shape index (κ3) is 2.30. The minimum Gasteiger partial charge on any atom is -0.481 e. The average molecular weight is 238 g/mol. The molecule has 1 unspecified atom stereocenters. The highest BCUT2D eigenvalue weighted by Crippen LogP contribution is 2.20. The number of aromatic nitrogens is 2. The smallest absolute Gasteiger partial charge is 0.358 e. The largest absolute Gasteiger partial charge is 0.481 e. The van der Waals surface area contributed by atoms with Crippen molar-refractivity contribution in [3.8, 4) is 0 Å². The number of hydrogen-bond acceptors (Lipinski definition) is 4. The lowest BCUT2D eigenvalue weighted by Crippen LogP contribution is -2.26. The molecule has 0 aromatic carbocycles.